The molecule has 4 fully saturated rings. The molecule has 0 aliphatic heterocycles. The molecule has 4 aliphatic carbocycles. The van der Waals surface area contributed by atoms with Crippen molar-refractivity contribution < 1.29 is 9.52 Å². The van der Waals surface area contributed by atoms with Crippen LogP contribution in [0.15, 0.2) is 27.4 Å². The number of aliphatic hydroxyl groups is 1. The van der Waals surface area contributed by atoms with E-state index in [0.29, 0.717) is 39.1 Å². The topological polar surface area (TPSA) is 63.3 Å². The first kappa shape index (κ1) is 24.0. The molecule has 1 heterocycles. The molecule has 2 aromatic rings. The zero-order valence-electron chi connectivity index (χ0n) is 21.3. The van der Waals surface area contributed by atoms with Crippen LogP contribution in [0.4, 0.5) is 0 Å². The summed E-state index contributed by atoms with van der Waals surface area (Å²) in [6.45, 7) is 5.17. The van der Waals surface area contributed by atoms with Crippen molar-refractivity contribution in [3.63, 3.8) is 0 Å². The van der Waals surface area contributed by atoms with Crippen molar-refractivity contribution in [3.05, 3.63) is 39.5 Å². The number of aliphatic hydroxyl groups excluding tert-OH is 1. The summed E-state index contributed by atoms with van der Waals surface area (Å²) in [7, 11) is 0. The summed E-state index contributed by atoms with van der Waals surface area (Å²) in [4.78, 5) is 17.0. The van der Waals surface area contributed by atoms with E-state index in [2.05, 4.69) is 18.8 Å². The van der Waals surface area contributed by atoms with Gasteiger partial charge in [0.2, 0.25) is 0 Å². The Labute approximate surface area is 213 Å². The highest BCUT2D eigenvalue weighted by Gasteiger charge is 2.59. The molecule has 6 rings (SSSR count). The van der Waals surface area contributed by atoms with Gasteiger partial charge >= 0.3 is 5.63 Å². The van der Waals surface area contributed by atoms with E-state index in [9.17, 15) is 9.90 Å². The van der Waals surface area contributed by atoms with Crippen molar-refractivity contribution in [2.24, 2.45) is 40.4 Å². The highest BCUT2D eigenvalue weighted by molar-refractivity contribution is 6.31. The minimum absolute atomic E-state index is 0.0622. The Morgan fingerprint density at radius 3 is 2.71 bits per heavy atom. The van der Waals surface area contributed by atoms with Gasteiger partial charge in [0.25, 0.3) is 0 Å². The summed E-state index contributed by atoms with van der Waals surface area (Å²) in [6.07, 6.45) is 14.3. The number of hydrogen-bond acceptors (Lipinski definition) is 4. The normalized spacial score (nSPS) is 40.8. The maximum atomic E-state index is 12.4. The summed E-state index contributed by atoms with van der Waals surface area (Å²) >= 11 is 6.11. The van der Waals surface area contributed by atoms with Gasteiger partial charge in [-0.3, -0.25) is 0 Å². The standard InChI is InChI=1S/C30H40ClNO3/c1-29-15-13-25-22(9-6-19-16-21(33)12-14-30(19,25)2)24(29)11-7-18(29)4-3-5-27-32-26-17-20(31)8-10-23(26)28(34)35-27/h8,10,17-19,21-22,24-25,33H,3-7,9,11-16H2,1-2H3/t18-,19?,21+,22?,24?,25?,29?,30?/m0/s1. The van der Waals surface area contributed by atoms with Crippen LogP contribution in [0.25, 0.3) is 10.9 Å². The summed E-state index contributed by atoms with van der Waals surface area (Å²) in [6, 6.07) is 5.15. The zero-order chi connectivity index (χ0) is 24.4. The van der Waals surface area contributed by atoms with Crippen LogP contribution in [0.2, 0.25) is 5.02 Å². The van der Waals surface area contributed by atoms with E-state index >= 15 is 0 Å². The maximum Gasteiger partial charge on any atom is 0.346 e. The molecule has 6 unspecified atom stereocenters. The number of fused-ring (bicyclic) bond motifs is 6. The molecule has 35 heavy (non-hydrogen) atoms. The molecule has 1 aromatic heterocycles. The van der Waals surface area contributed by atoms with E-state index in [4.69, 9.17) is 16.0 Å². The van der Waals surface area contributed by atoms with Gasteiger partial charge in [0.05, 0.1) is 17.0 Å². The van der Waals surface area contributed by atoms with E-state index in [0.717, 1.165) is 48.9 Å². The van der Waals surface area contributed by atoms with Crippen molar-refractivity contribution in [2.75, 3.05) is 0 Å². The monoisotopic (exact) mass is 497 g/mol. The Bertz CT molecular complexity index is 1160. The minimum Gasteiger partial charge on any atom is -0.408 e. The molecule has 0 bridgehead atoms. The van der Waals surface area contributed by atoms with Gasteiger partial charge in [-0.1, -0.05) is 25.4 Å². The van der Waals surface area contributed by atoms with E-state index in [1.165, 1.54) is 51.4 Å². The van der Waals surface area contributed by atoms with E-state index in [-0.39, 0.29) is 11.7 Å². The fourth-order valence-corrected chi connectivity index (χ4v) is 9.68. The number of aryl methyl sites for hydroxylation is 1. The molecule has 0 spiro atoms. The van der Waals surface area contributed by atoms with Gasteiger partial charge in [-0.25, -0.2) is 9.78 Å². The Balaban J connectivity index is 1.13. The van der Waals surface area contributed by atoms with Crippen molar-refractivity contribution in [1.82, 2.24) is 4.98 Å². The van der Waals surface area contributed by atoms with E-state index < -0.39 is 0 Å². The van der Waals surface area contributed by atoms with Crippen LogP contribution in [-0.4, -0.2) is 16.2 Å². The Kier molecular flexibility index (Phi) is 6.08. The first-order chi connectivity index (χ1) is 16.8. The van der Waals surface area contributed by atoms with Crippen molar-refractivity contribution >= 4 is 22.5 Å². The lowest BCUT2D eigenvalue weighted by Crippen LogP contribution is -2.53. The van der Waals surface area contributed by atoms with Crippen LogP contribution in [0.3, 0.4) is 0 Å². The van der Waals surface area contributed by atoms with Crippen LogP contribution in [-0.2, 0) is 6.42 Å². The SMILES string of the molecule is CC12CC[C@@H](O)CC1CCC1C2CCC2(C)C1CC[C@@H]2CCCc1nc2cc(Cl)ccc2c(=O)o1. The lowest BCUT2D eigenvalue weighted by molar-refractivity contribution is -0.127. The highest BCUT2D eigenvalue weighted by atomic mass is 35.5. The second-order valence-electron chi connectivity index (χ2n) is 12.9. The fourth-order valence-electron chi connectivity index (χ4n) is 9.51. The molecule has 0 amide bonds. The minimum atomic E-state index is -0.313. The zero-order valence-corrected chi connectivity index (χ0v) is 22.0. The molecular weight excluding hydrogens is 458 g/mol. The Morgan fingerprint density at radius 1 is 1.06 bits per heavy atom. The Morgan fingerprint density at radius 2 is 1.86 bits per heavy atom. The third-order valence-corrected chi connectivity index (χ3v) is 11.6. The summed E-state index contributed by atoms with van der Waals surface area (Å²) in [5, 5.41) is 11.4. The van der Waals surface area contributed by atoms with Gasteiger partial charge in [0, 0.05) is 11.4 Å². The number of aromatic nitrogens is 1. The first-order valence-electron chi connectivity index (χ1n) is 14.1. The number of benzene rings is 1. The average molecular weight is 498 g/mol. The van der Waals surface area contributed by atoms with Crippen molar-refractivity contribution in [2.45, 2.75) is 97.0 Å². The molecule has 4 saturated carbocycles. The lowest BCUT2D eigenvalue weighted by Gasteiger charge is -2.61. The van der Waals surface area contributed by atoms with Gasteiger partial charge in [-0.2, -0.15) is 0 Å². The van der Waals surface area contributed by atoms with Crippen LogP contribution in [0.5, 0.6) is 0 Å². The predicted molar refractivity (Wildman–Crippen MR) is 139 cm³/mol. The van der Waals surface area contributed by atoms with Gasteiger partial charge in [0.1, 0.15) is 0 Å². The Hall–Kier alpha value is -1.39. The summed E-state index contributed by atoms with van der Waals surface area (Å²) < 4.78 is 5.54. The van der Waals surface area contributed by atoms with E-state index in [1.54, 1.807) is 18.2 Å². The molecule has 0 saturated heterocycles. The van der Waals surface area contributed by atoms with Gasteiger partial charge < -0.3 is 9.52 Å². The molecule has 1 aromatic carbocycles. The smallest absolute Gasteiger partial charge is 0.346 e. The van der Waals surface area contributed by atoms with E-state index in [1.807, 2.05) is 0 Å². The van der Waals surface area contributed by atoms with Gasteiger partial charge in [0.15, 0.2) is 5.89 Å². The maximum absolute atomic E-state index is 12.4. The quantitative estimate of drug-likeness (QED) is 0.485. The second kappa shape index (κ2) is 8.87. The number of rotatable bonds is 4. The fraction of sp³-hybridized carbons (Fsp3) is 0.733. The molecule has 8 atom stereocenters. The predicted octanol–water partition coefficient (Wildman–Crippen LogP) is 7.18. The summed E-state index contributed by atoms with van der Waals surface area (Å²) in [5.41, 5.74) is 1.22. The molecule has 5 heteroatoms. The molecule has 4 aliphatic rings. The molecule has 0 radical (unpaired) electrons. The molecule has 4 nitrogen and oxygen atoms in total. The second-order valence-corrected chi connectivity index (χ2v) is 13.3. The molecular formula is C30H40ClNO3. The van der Waals surface area contributed by atoms with Crippen LogP contribution in [0.1, 0.15) is 90.4 Å². The van der Waals surface area contributed by atoms with Gasteiger partial charge in [-0.15, -0.1) is 0 Å². The lowest BCUT2D eigenvalue weighted by atomic mass is 9.44. The third-order valence-electron chi connectivity index (χ3n) is 11.4. The molecule has 1 N–H and O–H groups in total. The van der Waals surface area contributed by atoms with Crippen molar-refractivity contribution in [1.29, 1.82) is 0 Å². The first-order valence-corrected chi connectivity index (χ1v) is 14.4. The van der Waals surface area contributed by atoms with Crippen molar-refractivity contribution in [3.8, 4) is 0 Å². The van der Waals surface area contributed by atoms with Crippen LogP contribution >= 0.6 is 11.6 Å². The van der Waals surface area contributed by atoms with Crippen LogP contribution in [0, 0.1) is 40.4 Å². The summed E-state index contributed by atoms with van der Waals surface area (Å²) in [5.74, 6) is 4.61. The third kappa shape index (κ3) is 3.98. The highest BCUT2D eigenvalue weighted by Crippen LogP contribution is 2.67. The largest absolute Gasteiger partial charge is 0.408 e. The number of nitrogens with zero attached hydrogens (tertiary/aromatic N) is 1. The number of hydrogen-bond donors (Lipinski definition) is 1. The van der Waals surface area contributed by atoms with Gasteiger partial charge in [-0.05, 0) is 129 Å². The average Bonchev–Trinajstić information content (AvgIpc) is 3.15. The molecule has 190 valence electrons. The van der Waals surface area contributed by atoms with Crippen LogP contribution < -0.4 is 5.63 Å². The number of halogens is 1.